The first-order valence-corrected chi connectivity index (χ1v) is 10.9. The van der Waals surface area contributed by atoms with Crippen LogP contribution in [0, 0.1) is 6.92 Å². The highest BCUT2D eigenvalue weighted by atomic mass is 32.1. The fourth-order valence-electron chi connectivity index (χ4n) is 3.11. The maximum atomic E-state index is 13.3. The Morgan fingerprint density at radius 2 is 1.90 bits per heavy atom. The molecule has 0 spiro atoms. The standard InChI is InChI=1S/C23H29N3O2S/c1-16(2)28-19-10-8-18(9-11-19)22(27)26(14-6-13-25(4)5)23-24-20-12-7-17(3)15-21(20)29-23/h7-12,15-16H,6,13-14H2,1-5H3/p+1. The van der Waals surface area contributed by atoms with Crippen LogP contribution in [0.2, 0.25) is 0 Å². The minimum absolute atomic E-state index is 0.0226. The number of hydrogen-bond donors (Lipinski definition) is 1. The third-order valence-corrected chi connectivity index (χ3v) is 5.58. The van der Waals surface area contributed by atoms with Gasteiger partial charge in [-0.25, -0.2) is 4.98 Å². The number of quaternary nitrogens is 1. The van der Waals surface area contributed by atoms with Gasteiger partial charge in [-0.3, -0.25) is 9.69 Å². The largest absolute Gasteiger partial charge is 0.491 e. The molecule has 5 nitrogen and oxygen atoms in total. The second-order valence-electron chi connectivity index (χ2n) is 7.93. The van der Waals surface area contributed by atoms with Crippen molar-refractivity contribution in [2.24, 2.45) is 0 Å². The molecule has 1 aromatic heterocycles. The molecule has 0 atom stereocenters. The summed E-state index contributed by atoms with van der Waals surface area (Å²) in [6.07, 6.45) is 1.02. The topological polar surface area (TPSA) is 46.9 Å². The number of nitrogens with one attached hydrogen (secondary N) is 1. The second kappa shape index (κ2) is 9.37. The van der Waals surface area contributed by atoms with Crippen LogP contribution in [0.5, 0.6) is 5.75 Å². The molecular weight excluding hydrogens is 382 g/mol. The number of rotatable bonds is 8. The monoisotopic (exact) mass is 412 g/mol. The molecule has 2 aromatic carbocycles. The number of ether oxygens (including phenoxy) is 1. The molecule has 0 fully saturated rings. The van der Waals surface area contributed by atoms with Gasteiger partial charge in [0.2, 0.25) is 0 Å². The van der Waals surface area contributed by atoms with Crippen LogP contribution in [0.4, 0.5) is 5.13 Å². The van der Waals surface area contributed by atoms with Gasteiger partial charge in [0.15, 0.2) is 5.13 Å². The number of fused-ring (bicyclic) bond motifs is 1. The Balaban J connectivity index is 1.88. The number of aromatic nitrogens is 1. The number of carbonyl (C=O) groups excluding carboxylic acids is 1. The van der Waals surface area contributed by atoms with Crippen molar-refractivity contribution in [3.8, 4) is 5.75 Å². The predicted octanol–water partition coefficient (Wildman–Crippen LogP) is 3.57. The van der Waals surface area contributed by atoms with Crippen LogP contribution in [0.25, 0.3) is 10.2 Å². The molecule has 0 aliphatic heterocycles. The zero-order valence-corrected chi connectivity index (χ0v) is 18.7. The van der Waals surface area contributed by atoms with Gasteiger partial charge >= 0.3 is 0 Å². The highest BCUT2D eigenvalue weighted by Gasteiger charge is 2.21. The number of aryl methyl sites for hydroxylation is 1. The van der Waals surface area contributed by atoms with Gasteiger partial charge in [0.05, 0.1) is 37.0 Å². The van der Waals surface area contributed by atoms with E-state index in [1.54, 1.807) is 11.3 Å². The van der Waals surface area contributed by atoms with E-state index in [2.05, 4.69) is 33.2 Å². The number of anilines is 1. The quantitative estimate of drug-likeness (QED) is 0.615. The Labute approximate surface area is 176 Å². The molecule has 0 radical (unpaired) electrons. The average Bonchev–Trinajstić information content (AvgIpc) is 3.07. The third-order valence-electron chi connectivity index (χ3n) is 4.54. The van der Waals surface area contributed by atoms with Gasteiger partial charge in [0.25, 0.3) is 5.91 Å². The van der Waals surface area contributed by atoms with Gasteiger partial charge in [-0.1, -0.05) is 17.4 Å². The first-order chi connectivity index (χ1) is 13.8. The van der Waals surface area contributed by atoms with E-state index in [-0.39, 0.29) is 12.0 Å². The van der Waals surface area contributed by atoms with E-state index >= 15 is 0 Å². The van der Waals surface area contributed by atoms with Crippen LogP contribution in [0.3, 0.4) is 0 Å². The van der Waals surface area contributed by atoms with E-state index in [9.17, 15) is 4.79 Å². The van der Waals surface area contributed by atoms with Crippen LogP contribution >= 0.6 is 11.3 Å². The maximum Gasteiger partial charge on any atom is 0.260 e. The molecule has 154 valence electrons. The molecule has 6 heteroatoms. The maximum absolute atomic E-state index is 13.3. The summed E-state index contributed by atoms with van der Waals surface area (Å²) in [7, 11) is 4.25. The Hall–Kier alpha value is -2.44. The highest BCUT2D eigenvalue weighted by molar-refractivity contribution is 7.22. The van der Waals surface area contributed by atoms with E-state index in [1.807, 2.05) is 49.1 Å². The van der Waals surface area contributed by atoms with Crippen molar-refractivity contribution in [2.45, 2.75) is 33.3 Å². The lowest BCUT2D eigenvalue weighted by Crippen LogP contribution is -3.05. The normalized spacial score (nSPS) is 11.4. The lowest BCUT2D eigenvalue weighted by Gasteiger charge is -2.20. The van der Waals surface area contributed by atoms with Crippen LogP contribution in [-0.2, 0) is 0 Å². The molecule has 3 rings (SSSR count). The van der Waals surface area contributed by atoms with Crippen molar-refractivity contribution in [3.05, 3.63) is 53.6 Å². The van der Waals surface area contributed by atoms with E-state index in [0.29, 0.717) is 12.1 Å². The van der Waals surface area contributed by atoms with Gasteiger partial charge in [-0.2, -0.15) is 0 Å². The second-order valence-corrected chi connectivity index (χ2v) is 8.94. The predicted molar refractivity (Wildman–Crippen MR) is 121 cm³/mol. The molecule has 0 bridgehead atoms. The van der Waals surface area contributed by atoms with Gasteiger partial charge in [0.1, 0.15) is 5.75 Å². The van der Waals surface area contributed by atoms with E-state index in [1.165, 1.54) is 10.5 Å². The Morgan fingerprint density at radius 1 is 1.17 bits per heavy atom. The van der Waals surface area contributed by atoms with Crippen LogP contribution < -0.4 is 14.5 Å². The first-order valence-electron chi connectivity index (χ1n) is 10.1. The Bertz CT molecular complexity index is 964. The van der Waals surface area contributed by atoms with Crippen LogP contribution in [0.1, 0.15) is 36.2 Å². The number of carbonyl (C=O) groups is 1. The van der Waals surface area contributed by atoms with Gasteiger partial charge in [-0.15, -0.1) is 0 Å². The summed E-state index contributed by atoms with van der Waals surface area (Å²) in [6.45, 7) is 7.69. The van der Waals surface area contributed by atoms with Gasteiger partial charge in [0, 0.05) is 18.5 Å². The number of hydrogen-bond acceptors (Lipinski definition) is 4. The Kier molecular flexibility index (Phi) is 6.87. The van der Waals surface area contributed by atoms with Crippen LogP contribution in [-0.4, -0.2) is 44.2 Å². The van der Waals surface area contributed by atoms with Crippen molar-refractivity contribution in [3.63, 3.8) is 0 Å². The minimum atomic E-state index is -0.0226. The van der Waals surface area contributed by atoms with Crippen molar-refractivity contribution < 1.29 is 14.4 Å². The highest BCUT2D eigenvalue weighted by Crippen LogP contribution is 2.30. The summed E-state index contributed by atoms with van der Waals surface area (Å²) in [6, 6.07) is 13.6. The van der Waals surface area contributed by atoms with Crippen molar-refractivity contribution in [2.75, 3.05) is 32.1 Å². The zero-order valence-electron chi connectivity index (χ0n) is 17.9. The van der Waals surface area contributed by atoms with Crippen molar-refractivity contribution in [1.29, 1.82) is 0 Å². The molecule has 3 aromatic rings. The van der Waals surface area contributed by atoms with E-state index in [4.69, 9.17) is 9.72 Å². The van der Waals surface area contributed by atoms with Crippen molar-refractivity contribution >= 4 is 32.6 Å². The van der Waals surface area contributed by atoms with Gasteiger partial charge < -0.3 is 9.64 Å². The van der Waals surface area contributed by atoms with Gasteiger partial charge in [-0.05, 0) is 62.7 Å². The SMILES string of the molecule is Cc1ccc2nc(N(CCC[NH+](C)C)C(=O)c3ccc(OC(C)C)cc3)sc2c1. The molecule has 1 N–H and O–H groups in total. The van der Waals surface area contributed by atoms with E-state index < -0.39 is 0 Å². The minimum Gasteiger partial charge on any atom is -0.491 e. The summed E-state index contributed by atoms with van der Waals surface area (Å²) in [5.41, 5.74) is 2.78. The summed E-state index contributed by atoms with van der Waals surface area (Å²) in [5.74, 6) is 0.750. The summed E-state index contributed by atoms with van der Waals surface area (Å²) >= 11 is 1.58. The first kappa shape index (κ1) is 21.3. The lowest BCUT2D eigenvalue weighted by molar-refractivity contribution is -0.858. The summed E-state index contributed by atoms with van der Waals surface area (Å²) < 4.78 is 6.81. The fourth-order valence-corrected chi connectivity index (χ4v) is 4.20. The third kappa shape index (κ3) is 5.55. The van der Waals surface area contributed by atoms with Crippen molar-refractivity contribution in [1.82, 2.24) is 4.98 Å². The summed E-state index contributed by atoms with van der Waals surface area (Å²) in [4.78, 5) is 21.3. The molecule has 0 aliphatic rings. The molecule has 0 saturated carbocycles. The van der Waals surface area contributed by atoms with Crippen LogP contribution in [0.15, 0.2) is 42.5 Å². The lowest BCUT2D eigenvalue weighted by atomic mass is 10.2. The fraction of sp³-hybridized carbons (Fsp3) is 0.391. The number of benzene rings is 2. The van der Waals surface area contributed by atoms with E-state index in [0.717, 1.165) is 34.1 Å². The molecule has 1 amide bonds. The number of nitrogens with zero attached hydrogens (tertiary/aromatic N) is 2. The molecule has 29 heavy (non-hydrogen) atoms. The molecule has 0 saturated heterocycles. The number of amides is 1. The molecular formula is C23H30N3O2S+. The molecule has 0 aliphatic carbocycles. The molecule has 0 unspecified atom stereocenters. The summed E-state index contributed by atoms with van der Waals surface area (Å²) in [5, 5.41) is 0.756. The molecule has 1 heterocycles. The smallest absolute Gasteiger partial charge is 0.260 e. The Morgan fingerprint density at radius 3 is 2.55 bits per heavy atom. The number of thiazole rings is 1. The zero-order chi connectivity index (χ0) is 21.0. The average molecular weight is 413 g/mol.